The smallest absolute Gasteiger partial charge is 0.137 e. The normalized spacial score (nSPS) is 12.2. The highest BCUT2D eigenvalue weighted by Crippen LogP contribution is 2.23. The van der Waals surface area contributed by atoms with E-state index < -0.39 is 8.07 Å². The van der Waals surface area contributed by atoms with Crippen molar-refractivity contribution in [2.45, 2.75) is 65.9 Å². The van der Waals surface area contributed by atoms with Gasteiger partial charge in [-0.3, -0.25) is 0 Å². The van der Waals surface area contributed by atoms with Crippen molar-refractivity contribution in [2.75, 3.05) is 6.61 Å². The number of aromatic nitrogens is 2. The summed E-state index contributed by atoms with van der Waals surface area (Å²) in [6, 6.07) is 17.9. The Morgan fingerprint density at radius 2 is 1.70 bits per heavy atom. The molecule has 5 heteroatoms. The molecule has 0 saturated carbocycles. The molecule has 0 spiro atoms. The van der Waals surface area contributed by atoms with Gasteiger partial charge in [-0.25, -0.2) is 4.98 Å². The highest BCUT2D eigenvalue weighted by molar-refractivity contribution is 6.76. The Hall–Kier alpha value is -1.95. The Morgan fingerprint density at radius 1 is 0.933 bits per heavy atom. The predicted molar refractivity (Wildman–Crippen MR) is 127 cm³/mol. The van der Waals surface area contributed by atoms with Gasteiger partial charge in [-0.2, -0.15) is 0 Å². The van der Waals surface area contributed by atoms with Crippen molar-refractivity contribution in [3.05, 3.63) is 65.5 Å². The SMILES string of the molecule is CC(C)Cc1cccc2c1nc(COCc1ccccc1)n2COCC[Si](C)(C)C. The molecule has 162 valence electrons. The van der Waals surface area contributed by atoms with E-state index in [0.29, 0.717) is 25.9 Å². The first-order valence-electron chi connectivity index (χ1n) is 11.0. The van der Waals surface area contributed by atoms with Crippen molar-refractivity contribution < 1.29 is 9.47 Å². The maximum absolute atomic E-state index is 6.09. The molecular weight excluding hydrogens is 388 g/mol. The van der Waals surface area contributed by atoms with Crippen LogP contribution in [0.5, 0.6) is 0 Å². The van der Waals surface area contributed by atoms with Crippen molar-refractivity contribution in [1.29, 1.82) is 0 Å². The van der Waals surface area contributed by atoms with Crippen LogP contribution in [-0.4, -0.2) is 24.2 Å². The van der Waals surface area contributed by atoms with E-state index in [2.05, 4.69) is 68.4 Å². The monoisotopic (exact) mass is 424 g/mol. The van der Waals surface area contributed by atoms with Crippen molar-refractivity contribution in [1.82, 2.24) is 9.55 Å². The van der Waals surface area contributed by atoms with Crippen LogP contribution in [-0.2, 0) is 35.8 Å². The second-order valence-electron chi connectivity index (χ2n) is 9.67. The van der Waals surface area contributed by atoms with E-state index in [0.717, 1.165) is 35.9 Å². The fraction of sp³-hybridized carbons (Fsp3) is 0.480. The molecular formula is C25H36N2O2Si. The van der Waals surface area contributed by atoms with Crippen molar-refractivity contribution >= 4 is 19.1 Å². The molecule has 4 nitrogen and oxygen atoms in total. The third-order valence-electron chi connectivity index (χ3n) is 5.13. The molecule has 0 radical (unpaired) electrons. The van der Waals surface area contributed by atoms with Crippen LogP contribution in [0.1, 0.15) is 30.8 Å². The molecule has 0 bridgehead atoms. The number of ether oxygens (including phenoxy) is 2. The Kier molecular flexibility index (Phi) is 7.86. The van der Waals surface area contributed by atoms with Crippen LogP contribution in [0.2, 0.25) is 25.7 Å². The van der Waals surface area contributed by atoms with E-state index in [1.54, 1.807) is 0 Å². The summed E-state index contributed by atoms with van der Waals surface area (Å²) in [5.74, 6) is 1.52. The number of rotatable bonds is 11. The summed E-state index contributed by atoms with van der Waals surface area (Å²) in [7, 11) is -1.11. The summed E-state index contributed by atoms with van der Waals surface area (Å²) >= 11 is 0. The molecule has 30 heavy (non-hydrogen) atoms. The number of para-hydroxylation sites is 1. The van der Waals surface area contributed by atoms with Gasteiger partial charge in [0, 0.05) is 14.7 Å². The molecule has 2 aromatic carbocycles. The van der Waals surface area contributed by atoms with Gasteiger partial charge >= 0.3 is 0 Å². The predicted octanol–water partition coefficient (Wildman–Crippen LogP) is 6.26. The zero-order valence-corrected chi connectivity index (χ0v) is 20.1. The molecule has 3 rings (SSSR count). The average Bonchev–Trinajstić information content (AvgIpc) is 3.04. The first-order chi connectivity index (χ1) is 14.3. The minimum absolute atomic E-state index is 0.474. The Morgan fingerprint density at radius 3 is 2.40 bits per heavy atom. The maximum atomic E-state index is 6.09. The van der Waals surface area contributed by atoms with E-state index in [1.807, 2.05) is 18.2 Å². The summed E-state index contributed by atoms with van der Waals surface area (Å²) in [5.41, 5.74) is 4.69. The molecule has 0 amide bonds. The van der Waals surface area contributed by atoms with Gasteiger partial charge in [0.1, 0.15) is 19.2 Å². The van der Waals surface area contributed by atoms with Gasteiger partial charge in [-0.1, -0.05) is 76.0 Å². The Bertz CT molecular complexity index is 929. The van der Waals surface area contributed by atoms with E-state index >= 15 is 0 Å². The Labute approximate surface area is 182 Å². The molecule has 1 heterocycles. The van der Waals surface area contributed by atoms with Gasteiger partial charge in [-0.05, 0) is 35.6 Å². The summed E-state index contributed by atoms with van der Waals surface area (Å²) in [4.78, 5) is 4.99. The van der Waals surface area contributed by atoms with Crippen LogP contribution in [0.25, 0.3) is 11.0 Å². The Balaban J connectivity index is 1.79. The summed E-state index contributed by atoms with van der Waals surface area (Å²) in [6.07, 6.45) is 1.02. The lowest BCUT2D eigenvalue weighted by atomic mass is 10.0. The third kappa shape index (κ3) is 6.52. The zero-order chi connectivity index (χ0) is 21.6. The van der Waals surface area contributed by atoms with Crippen LogP contribution in [0, 0.1) is 5.92 Å². The first kappa shape index (κ1) is 22.7. The third-order valence-corrected chi connectivity index (χ3v) is 6.83. The van der Waals surface area contributed by atoms with Crippen LogP contribution in [0.3, 0.4) is 0 Å². The lowest BCUT2D eigenvalue weighted by Gasteiger charge is -2.16. The molecule has 3 aromatic rings. The maximum Gasteiger partial charge on any atom is 0.137 e. The molecule has 0 aliphatic rings. The fourth-order valence-corrected chi connectivity index (χ4v) is 4.24. The number of nitrogens with zero attached hydrogens (tertiary/aromatic N) is 2. The van der Waals surface area contributed by atoms with Gasteiger partial charge < -0.3 is 14.0 Å². The largest absolute Gasteiger partial charge is 0.369 e. The highest BCUT2D eigenvalue weighted by Gasteiger charge is 2.16. The lowest BCUT2D eigenvalue weighted by molar-refractivity contribution is 0.0695. The van der Waals surface area contributed by atoms with Crippen molar-refractivity contribution in [3.8, 4) is 0 Å². The standard InChI is InChI=1S/C25H36N2O2Si/c1-20(2)16-22-12-9-13-23-25(22)26-24(18-29-17-21-10-7-6-8-11-21)27(23)19-28-14-15-30(3,4)5/h6-13,20H,14-19H2,1-5H3. The fourth-order valence-electron chi connectivity index (χ4n) is 3.48. The summed E-state index contributed by atoms with van der Waals surface area (Å²) in [6.45, 7) is 14.0. The van der Waals surface area contributed by atoms with E-state index in [4.69, 9.17) is 14.5 Å². The van der Waals surface area contributed by atoms with Gasteiger partial charge in [0.05, 0.1) is 17.6 Å². The average molecular weight is 425 g/mol. The second kappa shape index (κ2) is 10.4. The summed E-state index contributed by atoms with van der Waals surface area (Å²) < 4.78 is 14.3. The number of hydrogen-bond acceptors (Lipinski definition) is 3. The molecule has 1 aromatic heterocycles. The van der Waals surface area contributed by atoms with Gasteiger partial charge in [-0.15, -0.1) is 0 Å². The minimum Gasteiger partial charge on any atom is -0.369 e. The van der Waals surface area contributed by atoms with Crippen LogP contribution in [0.15, 0.2) is 48.5 Å². The zero-order valence-electron chi connectivity index (χ0n) is 19.1. The van der Waals surface area contributed by atoms with Crippen LogP contribution < -0.4 is 0 Å². The van der Waals surface area contributed by atoms with Crippen LogP contribution >= 0.6 is 0 Å². The summed E-state index contributed by atoms with van der Waals surface area (Å²) in [5, 5.41) is 0. The molecule has 0 aliphatic heterocycles. The van der Waals surface area contributed by atoms with E-state index in [9.17, 15) is 0 Å². The molecule has 0 aliphatic carbocycles. The number of imidazole rings is 1. The lowest BCUT2D eigenvalue weighted by Crippen LogP contribution is -2.22. The van der Waals surface area contributed by atoms with Gasteiger partial charge in [0.2, 0.25) is 0 Å². The number of hydrogen-bond donors (Lipinski definition) is 0. The molecule has 0 unspecified atom stereocenters. The quantitative estimate of drug-likeness (QED) is 0.269. The first-order valence-corrected chi connectivity index (χ1v) is 14.7. The van der Waals surface area contributed by atoms with E-state index in [1.165, 1.54) is 11.1 Å². The molecule has 0 fully saturated rings. The second-order valence-corrected chi connectivity index (χ2v) is 15.3. The topological polar surface area (TPSA) is 36.3 Å². The van der Waals surface area contributed by atoms with Crippen molar-refractivity contribution in [3.63, 3.8) is 0 Å². The molecule has 0 atom stereocenters. The number of benzene rings is 2. The number of fused-ring (bicyclic) bond motifs is 1. The highest BCUT2D eigenvalue weighted by atomic mass is 28.3. The van der Waals surface area contributed by atoms with Crippen LogP contribution in [0.4, 0.5) is 0 Å². The van der Waals surface area contributed by atoms with Gasteiger partial charge in [0.15, 0.2) is 0 Å². The molecule has 0 saturated heterocycles. The van der Waals surface area contributed by atoms with E-state index in [-0.39, 0.29) is 0 Å². The van der Waals surface area contributed by atoms with Crippen molar-refractivity contribution in [2.24, 2.45) is 5.92 Å². The minimum atomic E-state index is -1.11. The van der Waals surface area contributed by atoms with Gasteiger partial charge in [0.25, 0.3) is 0 Å². The molecule has 0 N–H and O–H groups in total.